The van der Waals surface area contributed by atoms with Crippen LogP contribution in [0.1, 0.15) is 185 Å². The van der Waals surface area contributed by atoms with E-state index in [4.69, 9.17) is 8.53 Å². The standard InChI is InChI=1S/C72H80BN3O/c1-44-22-20-21-25-58(44)74(48-23-18-17-19-24-48)51-39-60-63-61(40-51)76(49-27-28-53-54(38-49)70(13,14)31-30-69(53,11)12)64-52-41-55-56(72(16)33-32-71(55,15)43-72)42-62(52)77-65(64)73(63)57-37-45(66(2,3)4)26-29-59(57)75(60)50-35-46(67(5,6)7)34-47(36-50)68(8,9)10/h17-29,34-42H,30-33,43H2,1-16H3/i1D3. The second-order valence-corrected chi connectivity index (χ2v) is 29.0. The van der Waals surface area contributed by atoms with Crippen molar-refractivity contribution >= 4 is 85.5 Å². The first-order valence-corrected chi connectivity index (χ1v) is 28.7. The van der Waals surface area contributed by atoms with Crippen LogP contribution >= 0.6 is 0 Å². The Morgan fingerprint density at radius 3 is 1.78 bits per heavy atom. The number of hydrogen-bond acceptors (Lipinski definition) is 4. The summed E-state index contributed by atoms with van der Waals surface area (Å²) in [5.74, 6) is 0. The molecule has 392 valence electrons. The molecule has 1 aromatic heterocycles. The molecule has 77 heavy (non-hydrogen) atoms. The Balaban J connectivity index is 1.22. The fraction of sp³-hybridized carbons (Fsp3) is 0.389. The molecule has 1 fully saturated rings. The van der Waals surface area contributed by atoms with Gasteiger partial charge in [-0.3, -0.25) is 0 Å². The van der Waals surface area contributed by atoms with E-state index >= 15 is 0 Å². The second kappa shape index (κ2) is 16.3. The van der Waals surface area contributed by atoms with E-state index in [0.717, 1.165) is 81.4 Å². The van der Waals surface area contributed by atoms with E-state index in [2.05, 4.69) is 222 Å². The second-order valence-electron chi connectivity index (χ2n) is 29.0. The van der Waals surface area contributed by atoms with Crippen LogP contribution in [-0.2, 0) is 37.9 Å². The van der Waals surface area contributed by atoms with Gasteiger partial charge in [0, 0.05) is 49.3 Å². The Labute approximate surface area is 465 Å². The maximum Gasteiger partial charge on any atom is 0.297 e. The molecule has 2 unspecified atom stereocenters. The van der Waals surface area contributed by atoms with Crippen molar-refractivity contribution in [3.63, 3.8) is 0 Å². The first kappa shape index (κ1) is 46.6. The van der Waals surface area contributed by atoms with Gasteiger partial charge in [0.1, 0.15) is 5.58 Å². The molecule has 5 aliphatic rings. The molecule has 8 aromatic rings. The number of nitrogens with zero attached hydrogens (tertiary/aromatic N) is 3. The Hall–Kier alpha value is -6.46. The van der Waals surface area contributed by atoms with Crippen molar-refractivity contribution in [3.05, 3.63) is 178 Å². The minimum absolute atomic E-state index is 0.0171. The predicted octanol–water partition coefficient (Wildman–Crippen LogP) is 18.2. The molecular formula is C72H80BN3O. The van der Waals surface area contributed by atoms with Crippen molar-refractivity contribution in [2.75, 3.05) is 14.7 Å². The molecule has 1 saturated carbocycles. The van der Waals surface area contributed by atoms with Crippen molar-refractivity contribution in [2.45, 2.75) is 181 Å². The summed E-state index contributed by atoms with van der Waals surface area (Å²) >= 11 is 0. The maximum atomic E-state index is 9.03. The monoisotopic (exact) mass is 1020 g/mol. The molecule has 2 aliphatic heterocycles. The summed E-state index contributed by atoms with van der Waals surface area (Å²) in [6, 6.07) is 49.5. The summed E-state index contributed by atoms with van der Waals surface area (Å²) in [5, 5.41) is 1.14. The molecule has 5 heteroatoms. The van der Waals surface area contributed by atoms with Gasteiger partial charge in [0.25, 0.3) is 6.71 Å². The molecule has 4 nitrogen and oxygen atoms in total. The van der Waals surface area contributed by atoms with Gasteiger partial charge in [0.15, 0.2) is 0 Å². The highest BCUT2D eigenvalue weighted by Gasteiger charge is 2.54. The normalized spacial score (nSPS) is 21.4. The van der Waals surface area contributed by atoms with Gasteiger partial charge in [0.2, 0.25) is 0 Å². The summed E-state index contributed by atoms with van der Waals surface area (Å²) in [5.41, 5.74) is 22.6. The minimum Gasteiger partial charge on any atom is -0.468 e. The van der Waals surface area contributed by atoms with E-state index in [9.17, 15) is 0 Å². The van der Waals surface area contributed by atoms with Crippen molar-refractivity contribution in [1.82, 2.24) is 0 Å². The van der Waals surface area contributed by atoms with Gasteiger partial charge in [-0.25, -0.2) is 0 Å². The SMILES string of the molecule is [2H]C([2H])([2H])c1ccccc1N(c1ccccc1)c1cc2c3c(c1)N(c1ccc4c(c1)C(C)(C)CCC4(C)C)c1c(oc4cc5c(cc14)C1(C)CCC5(C)C1)B3c1cc(C(C)(C)C)ccc1N2c1cc(C(C)(C)C)cc(C(C)(C)C)c1. The lowest BCUT2D eigenvalue weighted by atomic mass is 9.35. The minimum atomic E-state index is -2.39. The van der Waals surface area contributed by atoms with Gasteiger partial charge in [0.05, 0.1) is 17.0 Å². The molecule has 0 spiro atoms. The van der Waals surface area contributed by atoms with Crippen LogP contribution in [0.5, 0.6) is 0 Å². The zero-order chi connectivity index (χ0) is 56.8. The molecule has 0 saturated heterocycles. The van der Waals surface area contributed by atoms with Gasteiger partial charge >= 0.3 is 0 Å². The Bertz CT molecular complexity index is 3850. The highest BCUT2D eigenvalue weighted by molar-refractivity contribution is 7.00. The van der Waals surface area contributed by atoms with Crippen LogP contribution in [0.25, 0.3) is 11.0 Å². The zero-order valence-corrected chi connectivity index (χ0v) is 48.6. The van der Waals surface area contributed by atoms with E-state index < -0.39 is 6.85 Å². The van der Waals surface area contributed by atoms with Crippen molar-refractivity contribution in [1.29, 1.82) is 0 Å². The molecule has 13 rings (SSSR count). The number of anilines is 9. The molecule has 7 aromatic carbocycles. The summed E-state index contributed by atoms with van der Waals surface area (Å²) in [7, 11) is 0. The summed E-state index contributed by atoms with van der Waals surface area (Å²) in [6.07, 6.45) is 5.73. The van der Waals surface area contributed by atoms with Gasteiger partial charge in [-0.2, -0.15) is 0 Å². The van der Waals surface area contributed by atoms with Crippen LogP contribution in [0, 0.1) is 6.85 Å². The lowest BCUT2D eigenvalue weighted by molar-refractivity contribution is 0.332. The molecule has 0 radical (unpaired) electrons. The number of furan rings is 1. The van der Waals surface area contributed by atoms with Gasteiger partial charge < -0.3 is 19.1 Å². The largest absolute Gasteiger partial charge is 0.468 e. The number of benzene rings is 7. The molecule has 3 aliphatic carbocycles. The van der Waals surface area contributed by atoms with Crippen LogP contribution in [0.3, 0.4) is 0 Å². The average Bonchev–Trinajstić information content (AvgIpc) is 4.06. The van der Waals surface area contributed by atoms with Crippen LogP contribution in [0.2, 0.25) is 0 Å². The van der Waals surface area contributed by atoms with Crippen molar-refractivity contribution in [2.24, 2.45) is 0 Å². The Morgan fingerprint density at radius 2 is 1.13 bits per heavy atom. The third-order valence-electron chi connectivity index (χ3n) is 19.4. The van der Waals surface area contributed by atoms with E-state index in [1.165, 1.54) is 62.7 Å². The molecule has 3 heterocycles. The highest BCUT2D eigenvalue weighted by Crippen LogP contribution is 2.62. The predicted molar refractivity (Wildman–Crippen MR) is 330 cm³/mol. The summed E-state index contributed by atoms with van der Waals surface area (Å²) in [6.45, 7) is 32.9. The van der Waals surface area contributed by atoms with Gasteiger partial charge in [-0.05, 0) is 205 Å². The van der Waals surface area contributed by atoms with E-state index in [1.807, 2.05) is 24.3 Å². The summed E-state index contributed by atoms with van der Waals surface area (Å²) in [4.78, 5) is 7.31. The molecule has 2 bridgehead atoms. The molecular weight excluding hydrogens is 934 g/mol. The zero-order valence-electron chi connectivity index (χ0n) is 51.6. The first-order valence-electron chi connectivity index (χ1n) is 30.2. The Kier molecular flexibility index (Phi) is 9.88. The van der Waals surface area contributed by atoms with Gasteiger partial charge in [-0.15, -0.1) is 0 Å². The van der Waals surface area contributed by atoms with Crippen LogP contribution < -0.4 is 31.3 Å². The first-order chi connectivity index (χ1) is 37.4. The smallest absolute Gasteiger partial charge is 0.297 e. The highest BCUT2D eigenvalue weighted by atomic mass is 16.3. The maximum absolute atomic E-state index is 9.03. The van der Waals surface area contributed by atoms with Crippen molar-refractivity contribution < 1.29 is 8.53 Å². The fourth-order valence-corrected chi connectivity index (χ4v) is 14.7. The number of fused-ring (bicyclic) bond motifs is 12. The topological polar surface area (TPSA) is 22.9 Å². The van der Waals surface area contributed by atoms with Crippen LogP contribution in [0.4, 0.5) is 51.2 Å². The lowest BCUT2D eigenvalue weighted by Crippen LogP contribution is -2.61. The molecule has 0 amide bonds. The molecule has 2 atom stereocenters. The third kappa shape index (κ3) is 7.58. The quantitative estimate of drug-likeness (QED) is 0.160. The van der Waals surface area contributed by atoms with E-state index in [0.29, 0.717) is 11.3 Å². The Morgan fingerprint density at radius 1 is 0.519 bits per heavy atom. The number of hydrogen-bond donors (Lipinski definition) is 0. The number of rotatable bonds is 5. The number of aryl methyl sites for hydroxylation is 1. The van der Waals surface area contributed by atoms with Gasteiger partial charge in [-0.1, -0.05) is 165 Å². The van der Waals surface area contributed by atoms with Crippen LogP contribution in [0.15, 0.2) is 138 Å². The average molecular weight is 1020 g/mol. The molecule has 0 N–H and O–H groups in total. The van der Waals surface area contributed by atoms with E-state index in [-0.39, 0.29) is 44.6 Å². The van der Waals surface area contributed by atoms with E-state index in [1.54, 1.807) is 6.07 Å². The lowest BCUT2D eigenvalue weighted by Gasteiger charge is -2.45. The summed E-state index contributed by atoms with van der Waals surface area (Å²) < 4.78 is 34.9. The third-order valence-corrected chi connectivity index (χ3v) is 19.4. The number of para-hydroxylation sites is 2. The van der Waals surface area contributed by atoms with Crippen LogP contribution in [-0.4, -0.2) is 6.71 Å². The van der Waals surface area contributed by atoms with Crippen molar-refractivity contribution in [3.8, 4) is 0 Å². The fourth-order valence-electron chi connectivity index (χ4n) is 14.7.